The minimum Gasteiger partial charge on any atom is -0.327 e. The van der Waals surface area contributed by atoms with Crippen LogP contribution in [0.1, 0.15) is 36.8 Å². The summed E-state index contributed by atoms with van der Waals surface area (Å²) in [5.41, 5.74) is 8.64. The average molecular weight is 247 g/mol. The minimum absolute atomic E-state index is 0.148. The molecule has 1 aromatic carbocycles. The Morgan fingerprint density at radius 3 is 2.56 bits per heavy atom. The predicted molar refractivity (Wildman–Crippen MR) is 71.8 cm³/mol. The van der Waals surface area contributed by atoms with Crippen LogP contribution in [0, 0.1) is 30.5 Å². The van der Waals surface area contributed by atoms with Crippen molar-refractivity contribution in [3.8, 4) is 0 Å². The standard InChI is InChI=1S/C16H22FN/c1-10-8-12(17)7-6-11(10)9-15(18)16-13-4-2-3-5-14(13)16/h6-8,13-16H,2-5,9,18H2,1H3. The Kier molecular flexibility index (Phi) is 3.14. The maximum absolute atomic E-state index is 13.1. The summed E-state index contributed by atoms with van der Waals surface area (Å²) in [4.78, 5) is 0. The first-order chi connectivity index (χ1) is 8.66. The van der Waals surface area contributed by atoms with Gasteiger partial charge >= 0.3 is 0 Å². The zero-order valence-electron chi connectivity index (χ0n) is 11.0. The highest BCUT2D eigenvalue weighted by molar-refractivity contribution is 5.28. The first-order valence-corrected chi connectivity index (χ1v) is 7.17. The number of hydrogen-bond donors (Lipinski definition) is 1. The van der Waals surface area contributed by atoms with Crippen molar-refractivity contribution in [1.29, 1.82) is 0 Å². The summed E-state index contributed by atoms with van der Waals surface area (Å²) in [5, 5.41) is 0. The van der Waals surface area contributed by atoms with E-state index in [4.69, 9.17) is 5.73 Å². The summed E-state index contributed by atoms with van der Waals surface area (Å²) < 4.78 is 13.1. The van der Waals surface area contributed by atoms with Crippen LogP contribution in [0.2, 0.25) is 0 Å². The molecule has 0 bridgehead atoms. The summed E-state index contributed by atoms with van der Waals surface area (Å²) in [5.74, 6) is 2.38. The second-order valence-electron chi connectivity index (χ2n) is 6.13. The van der Waals surface area contributed by atoms with Gasteiger partial charge in [0.05, 0.1) is 0 Å². The smallest absolute Gasteiger partial charge is 0.123 e. The molecule has 1 nitrogen and oxygen atoms in total. The van der Waals surface area contributed by atoms with Gasteiger partial charge in [-0.05, 0) is 67.2 Å². The van der Waals surface area contributed by atoms with Crippen LogP contribution >= 0.6 is 0 Å². The van der Waals surface area contributed by atoms with Gasteiger partial charge in [0.15, 0.2) is 0 Å². The van der Waals surface area contributed by atoms with Gasteiger partial charge in [0, 0.05) is 6.04 Å². The number of hydrogen-bond acceptors (Lipinski definition) is 1. The third-order valence-electron chi connectivity index (χ3n) is 4.98. The summed E-state index contributed by atoms with van der Waals surface area (Å²) in [7, 11) is 0. The molecular formula is C16H22FN. The third kappa shape index (κ3) is 2.18. The van der Waals surface area contributed by atoms with E-state index in [0.717, 1.165) is 29.7 Å². The topological polar surface area (TPSA) is 26.0 Å². The molecule has 2 saturated carbocycles. The number of aryl methyl sites for hydroxylation is 1. The molecule has 3 unspecified atom stereocenters. The van der Waals surface area contributed by atoms with E-state index in [0.29, 0.717) is 0 Å². The van der Waals surface area contributed by atoms with Crippen LogP contribution in [0.5, 0.6) is 0 Å². The molecule has 18 heavy (non-hydrogen) atoms. The average Bonchev–Trinajstić information content (AvgIpc) is 3.07. The molecule has 2 aliphatic rings. The fraction of sp³-hybridized carbons (Fsp3) is 0.625. The van der Waals surface area contributed by atoms with Crippen LogP contribution in [-0.2, 0) is 6.42 Å². The zero-order valence-corrected chi connectivity index (χ0v) is 11.0. The van der Waals surface area contributed by atoms with Crippen LogP contribution in [-0.4, -0.2) is 6.04 Å². The Morgan fingerprint density at radius 2 is 1.94 bits per heavy atom. The number of halogens is 1. The molecule has 0 saturated heterocycles. The van der Waals surface area contributed by atoms with Crippen LogP contribution < -0.4 is 5.73 Å². The van der Waals surface area contributed by atoms with Crippen LogP contribution in [0.4, 0.5) is 4.39 Å². The summed E-state index contributed by atoms with van der Waals surface area (Å²) >= 11 is 0. The summed E-state index contributed by atoms with van der Waals surface area (Å²) in [6.45, 7) is 1.98. The zero-order chi connectivity index (χ0) is 12.7. The lowest BCUT2D eigenvalue weighted by Crippen LogP contribution is -2.27. The number of rotatable bonds is 3. The van der Waals surface area contributed by atoms with Gasteiger partial charge in [0.2, 0.25) is 0 Å². The van der Waals surface area contributed by atoms with Gasteiger partial charge in [-0.2, -0.15) is 0 Å². The predicted octanol–water partition coefficient (Wildman–Crippen LogP) is 3.44. The van der Waals surface area contributed by atoms with Gasteiger partial charge in [-0.15, -0.1) is 0 Å². The van der Waals surface area contributed by atoms with E-state index in [-0.39, 0.29) is 11.9 Å². The SMILES string of the molecule is Cc1cc(F)ccc1CC(N)C1C2CCCCC21. The fourth-order valence-electron chi connectivity index (χ4n) is 3.96. The Labute approximate surface area is 109 Å². The lowest BCUT2D eigenvalue weighted by atomic mass is 9.97. The van der Waals surface area contributed by atoms with Crippen molar-refractivity contribution < 1.29 is 4.39 Å². The van der Waals surface area contributed by atoms with Gasteiger partial charge in [-0.3, -0.25) is 0 Å². The fourth-order valence-corrected chi connectivity index (χ4v) is 3.96. The summed E-state index contributed by atoms with van der Waals surface area (Å²) in [6, 6.07) is 5.33. The second-order valence-corrected chi connectivity index (χ2v) is 6.13. The van der Waals surface area contributed by atoms with Gasteiger partial charge in [0.1, 0.15) is 5.82 Å². The normalized spacial score (nSPS) is 31.8. The third-order valence-corrected chi connectivity index (χ3v) is 4.98. The van der Waals surface area contributed by atoms with Crippen molar-refractivity contribution in [3.63, 3.8) is 0 Å². The molecule has 2 aliphatic carbocycles. The van der Waals surface area contributed by atoms with Crippen molar-refractivity contribution in [2.75, 3.05) is 0 Å². The van der Waals surface area contributed by atoms with E-state index in [1.807, 2.05) is 13.0 Å². The molecule has 98 valence electrons. The molecule has 0 amide bonds. The van der Waals surface area contributed by atoms with E-state index in [1.165, 1.54) is 31.2 Å². The van der Waals surface area contributed by atoms with Crippen molar-refractivity contribution >= 4 is 0 Å². The van der Waals surface area contributed by atoms with Gasteiger partial charge in [-0.25, -0.2) is 4.39 Å². The number of nitrogens with two attached hydrogens (primary N) is 1. The highest BCUT2D eigenvalue weighted by atomic mass is 19.1. The second kappa shape index (κ2) is 4.65. The highest BCUT2D eigenvalue weighted by Crippen LogP contribution is 2.56. The molecule has 0 heterocycles. The van der Waals surface area contributed by atoms with Gasteiger partial charge < -0.3 is 5.73 Å². The largest absolute Gasteiger partial charge is 0.327 e. The molecule has 2 heteroatoms. The minimum atomic E-state index is -0.148. The van der Waals surface area contributed by atoms with E-state index in [2.05, 4.69) is 0 Å². The van der Waals surface area contributed by atoms with E-state index >= 15 is 0 Å². The summed E-state index contributed by atoms with van der Waals surface area (Å²) in [6.07, 6.45) is 6.45. The molecule has 0 spiro atoms. The van der Waals surface area contributed by atoms with E-state index < -0.39 is 0 Å². The first-order valence-electron chi connectivity index (χ1n) is 7.17. The van der Waals surface area contributed by atoms with Crippen LogP contribution in [0.15, 0.2) is 18.2 Å². The first kappa shape index (κ1) is 12.2. The molecule has 0 aliphatic heterocycles. The van der Waals surface area contributed by atoms with Crippen molar-refractivity contribution in [3.05, 3.63) is 35.1 Å². The van der Waals surface area contributed by atoms with Crippen LogP contribution in [0.3, 0.4) is 0 Å². The lowest BCUT2D eigenvalue weighted by Gasteiger charge is -2.13. The van der Waals surface area contributed by atoms with E-state index in [9.17, 15) is 4.39 Å². The molecule has 0 radical (unpaired) electrons. The lowest BCUT2D eigenvalue weighted by molar-refractivity contribution is 0.480. The Balaban J connectivity index is 1.66. The molecular weight excluding hydrogens is 225 g/mol. The van der Waals surface area contributed by atoms with Gasteiger partial charge in [-0.1, -0.05) is 18.9 Å². The Hall–Kier alpha value is -0.890. The number of fused-ring (bicyclic) bond motifs is 1. The highest BCUT2D eigenvalue weighted by Gasteiger charge is 2.52. The Bertz CT molecular complexity index is 431. The monoisotopic (exact) mass is 247 g/mol. The van der Waals surface area contributed by atoms with Crippen LogP contribution in [0.25, 0.3) is 0 Å². The molecule has 1 aromatic rings. The number of benzene rings is 1. The Morgan fingerprint density at radius 1 is 1.28 bits per heavy atom. The van der Waals surface area contributed by atoms with Crippen molar-refractivity contribution in [2.24, 2.45) is 23.5 Å². The molecule has 3 atom stereocenters. The molecule has 0 aromatic heterocycles. The quantitative estimate of drug-likeness (QED) is 0.870. The maximum atomic E-state index is 13.1. The maximum Gasteiger partial charge on any atom is 0.123 e. The molecule has 2 fully saturated rings. The van der Waals surface area contributed by atoms with Crippen molar-refractivity contribution in [2.45, 2.75) is 45.1 Å². The van der Waals surface area contributed by atoms with E-state index in [1.54, 1.807) is 12.1 Å². The van der Waals surface area contributed by atoms with Gasteiger partial charge in [0.25, 0.3) is 0 Å². The molecule has 3 rings (SSSR count). The molecule has 2 N–H and O–H groups in total. The van der Waals surface area contributed by atoms with Crippen molar-refractivity contribution in [1.82, 2.24) is 0 Å².